The number of carbonyl (C=O) groups is 1. The molecule has 0 saturated heterocycles. The van der Waals surface area contributed by atoms with Crippen LogP contribution in [-0.4, -0.2) is 11.1 Å². The van der Waals surface area contributed by atoms with Crippen LogP contribution in [0.25, 0.3) is 0 Å². The van der Waals surface area contributed by atoms with Crippen molar-refractivity contribution in [3.05, 3.63) is 24.3 Å². The molecule has 0 bridgehead atoms. The van der Waals surface area contributed by atoms with Gasteiger partial charge in [-0.05, 0) is 6.42 Å². The van der Waals surface area contributed by atoms with E-state index >= 15 is 0 Å². The Balaban J connectivity index is 3.90. The molecule has 11 heavy (non-hydrogen) atoms. The van der Waals surface area contributed by atoms with Crippen LogP contribution in [0.15, 0.2) is 24.3 Å². The fourth-order valence-electron chi connectivity index (χ4n) is 0.795. The Morgan fingerprint density at radius 3 is 2.64 bits per heavy atom. The van der Waals surface area contributed by atoms with E-state index in [1.807, 2.05) is 0 Å². The zero-order chi connectivity index (χ0) is 8.69. The van der Waals surface area contributed by atoms with Crippen molar-refractivity contribution in [3.8, 4) is 0 Å². The predicted octanol–water partition coefficient (Wildman–Crippen LogP) is 2.37. The summed E-state index contributed by atoms with van der Waals surface area (Å²) in [6.07, 6.45) is 5.46. The molecule has 0 radical (unpaired) electrons. The highest BCUT2D eigenvalue weighted by atomic mass is 16.4. The highest BCUT2D eigenvalue weighted by Gasteiger charge is 1.93. The van der Waals surface area contributed by atoms with E-state index in [1.165, 1.54) is 0 Å². The third kappa shape index (κ3) is 5.40. The maximum absolute atomic E-state index is 10.1. The first kappa shape index (κ1) is 9.95. The van der Waals surface area contributed by atoms with Crippen LogP contribution in [0, 0.1) is 0 Å². The third-order valence-corrected chi connectivity index (χ3v) is 1.34. The van der Waals surface area contributed by atoms with Crippen molar-refractivity contribution in [2.24, 2.45) is 0 Å². The molecule has 0 spiro atoms. The van der Waals surface area contributed by atoms with Crippen LogP contribution in [-0.2, 0) is 4.79 Å². The Morgan fingerprint density at radius 1 is 1.64 bits per heavy atom. The zero-order valence-corrected chi connectivity index (χ0v) is 6.84. The molecule has 0 rings (SSSR count). The van der Waals surface area contributed by atoms with Gasteiger partial charge in [-0.25, -0.2) is 0 Å². The highest BCUT2D eigenvalue weighted by Crippen LogP contribution is 2.06. The molecule has 1 N–H and O–H groups in total. The SMILES string of the molecule is C=CC(=CCC(=O)O)CCC. The van der Waals surface area contributed by atoms with Gasteiger partial charge in [0.2, 0.25) is 0 Å². The summed E-state index contributed by atoms with van der Waals surface area (Å²) in [7, 11) is 0. The summed E-state index contributed by atoms with van der Waals surface area (Å²) in [4.78, 5) is 10.1. The van der Waals surface area contributed by atoms with E-state index in [9.17, 15) is 4.79 Å². The summed E-state index contributed by atoms with van der Waals surface area (Å²) in [5.41, 5.74) is 1.02. The number of aliphatic carboxylic acids is 1. The highest BCUT2D eigenvalue weighted by molar-refractivity contribution is 5.68. The quantitative estimate of drug-likeness (QED) is 0.617. The summed E-state index contributed by atoms with van der Waals surface area (Å²) in [5, 5.41) is 8.35. The molecule has 0 aliphatic rings. The molecule has 0 heterocycles. The molecule has 0 fully saturated rings. The van der Waals surface area contributed by atoms with Crippen molar-refractivity contribution in [1.82, 2.24) is 0 Å². The molecule has 0 aliphatic carbocycles. The number of carboxylic acid groups (broad SMARTS) is 1. The van der Waals surface area contributed by atoms with E-state index in [2.05, 4.69) is 13.5 Å². The first-order valence-electron chi connectivity index (χ1n) is 3.74. The third-order valence-electron chi connectivity index (χ3n) is 1.34. The summed E-state index contributed by atoms with van der Waals surface area (Å²) >= 11 is 0. The molecule has 0 atom stereocenters. The standard InChI is InChI=1S/C9H14O2/c1-3-5-8(4-2)6-7-9(10)11/h4,6H,2-3,5,7H2,1H3,(H,10,11). The molecule has 62 valence electrons. The van der Waals surface area contributed by atoms with E-state index in [4.69, 9.17) is 5.11 Å². The van der Waals surface area contributed by atoms with Gasteiger partial charge in [-0.3, -0.25) is 4.79 Å². The van der Waals surface area contributed by atoms with Gasteiger partial charge in [0.1, 0.15) is 0 Å². The van der Waals surface area contributed by atoms with Gasteiger partial charge in [0.05, 0.1) is 6.42 Å². The lowest BCUT2D eigenvalue weighted by Crippen LogP contribution is -1.91. The van der Waals surface area contributed by atoms with Crippen LogP contribution in [0.2, 0.25) is 0 Å². The Morgan fingerprint density at radius 2 is 2.27 bits per heavy atom. The minimum Gasteiger partial charge on any atom is -0.481 e. The van der Waals surface area contributed by atoms with E-state index in [0.717, 1.165) is 18.4 Å². The summed E-state index contributed by atoms with van der Waals surface area (Å²) in [6.45, 7) is 5.65. The second-order valence-corrected chi connectivity index (χ2v) is 2.33. The smallest absolute Gasteiger partial charge is 0.307 e. The van der Waals surface area contributed by atoms with Gasteiger partial charge in [-0.2, -0.15) is 0 Å². The van der Waals surface area contributed by atoms with Crippen molar-refractivity contribution >= 4 is 5.97 Å². The second kappa shape index (κ2) is 5.71. The first-order valence-corrected chi connectivity index (χ1v) is 3.74. The molecule has 2 nitrogen and oxygen atoms in total. The van der Waals surface area contributed by atoms with Crippen LogP contribution in [0.5, 0.6) is 0 Å². The number of hydrogen-bond donors (Lipinski definition) is 1. The van der Waals surface area contributed by atoms with Crippen LogP contribution < -0.4 is 0 Å². The van der Waals surface area contributed by atoms with Crippen molar-refractivity contribution < 1.29 is 9.90 Å². The number of rotatable bonds is 5. The van der Waals surface area contributed by atoms with E-state index in [-0.39, 0.29) is 6.42 Å². The number of allylic oxidation sites excluding steroid dienone is 2. The maximum atomic E-state index is 10.1. The predicted molar refractivity (Wildman–Crippen MR) is 45.4 cm³/mol. The molecular formula is C9H14O2. The lowest BCUT2D eigenvalue weighted by molar-refractivity contribution is -0.136. The van der Waals surface area contributed by atoms with E-state index in [1.54, 1.807) is 12.2 Å². The normalized spacial score (nSPS) is 11.2. The molecule has 0 aromatic carbocycles. The monoisotopic (exact) mass is 154 g/mol. The molecule has 0 aromatic heterocycles. The second-order valence-electron chi connectivity index (χ2n) is 2.33. The van der Waals surface area contributed by atoms with Crippen LogP contribution in [0.4, 0.5) is 0 Å². The average Bonchev–Trinajstić information content (AvgIpc) is 1.97. The minimum absolute atomic E-state index is 0.0986. The zero-order valence-electron chi connectivity index (χ0n) is 6.84. The molecule has 0 aromatic rings. The van der Waals surface area contributed by atoms with Crippen LogP contribution in [0.1, 0.15) is 26.2 Å². The molecule has 2 heteroatoms. The van der Waals surface area contributed by atoms with E-state index in [0.29, 0.717) is 0 Å². The largest absolute Gasteiger partial charge is 0.481 e. The molecule has 0 saturated carbocycles. The summed E-state index contributed by atoms with van der Waals surface area (Å²) in [6, 6.07) is 0. The lowest BCUT2D eigenvalue weighted by Gasteiger charge is -1.96. The number of hydrogen-bond acceptors (Lipinski definition) is 1. The van der Waals surface area contributed by atoms with E-state index < -0.39 is 5.97 Å². The van der Waals surface area contributed by atoms with Crippen LogP contribution in [0.3, 0.4) is 0 Å². The fourth-order valence-corrected chi connectivity index (χ4v) is 0.795. The fraction of sp³-hybridized carbons (Fsp3) is 0.444. The lowest BCUT2D eigenvalue weighted by atomic mass is 10.1. The Bertz CT molecular complexity index is 168. The summed E-state index contributed by atoms with van der Waals surface area (Å²) < 4.78 is 0. The van der Waals surface area contributed by atoms with Crippen molar-refractivity contribution in [1.29, 1.82) is 0 Å². The molecule has 0 amide bonds. The number of carboxylic acids is 1. The van der Waals surface area contributed by atoms with Gasteiger partial charge in [0, 0.05) is 0 Å². The van der Waals surface area contributed by atoms with Crippen molar-refractivity contribution in [3.63, 3.8) is 0 Å². The van der Waals surface area contributed by atoms with Crippen molar-refractivity contribution in [2.75, 3.05) is 0 Å². The average molecular weight is 154 g/mol. The molecular weight excluding hydrogens is 140 g/mol. The van der Waals surface area contributed by atoms with Gasteiger partial charge in [0.15, 0.2) is 0 Å². The molecule has 0 unspecified atom stereocenters. The Hall–Kier alpha value is -1.05. The topological polar surface area (TPSA) is 37.3 Å². The Labute approximate surface area is 67.2 Å². The van der Waals surface area contributed by atoms with Gasteiger partial charge >= 0.3 is 5.97 Å². The minimum atomic E-state index is -0.791. The first-order chi connectivity index (χ1) is 5.20. The molecule has 0 aliphatic heterocycles. The van der Waals surface area contributed by atoms with Gasteiger partial charge in [0.25, 0.3) is 0 Å². The Kier molecular flexibility index (Phi) is 5.17. The van der Waals surface area contributed by atoms with Gasteiger partial charge in [-0.1, -0.05) is 37.6 Å². The maximum Gasteiger partial charge on any atom is 0.307 e. The summed E-state index contributed by atoms with van der Waals surface area (Å²) in [5.74, 6) is -0.791. The van der Waals surface area contributed by atoms with Gasteiger partial charge < -0.3 is 5.11 Å². The van der Waals surface area contributed by atoms with Crippen LogP contribution >= 0.6 is 0 Å². The van der Waals surface area contributed by atoms with Crippen molar-refractivity contribution in [2.45, 2.75) is 26.2 Å². The van der Waals surface area contributed by atoms with Gasteiger partial charge in [-0.15, -0.1) is 0 Å².